The molecule has 1 N–H and O–H groups in total. The fourth-order valence-corrected chi connectivity index (χ4v) is 2.46. The average molecular weight is 333 g/mol. The molecule has 0 aromatic heterocycles. The van der Waals surface area contributed by atoms with E-state index < -0.39 is 6.10 Å². The summed E-state index contributed by atoms with van der Waals surface area (Å²) in [5.74, 6) is -0.616. The van der Waals surface area contributed by atoms with Crippen LogP contribution < -0.4 is 5.32 Å². The normalized spacial score (nSPS) is 16.7. The van der Waals surface area contributed by atoms with Crippen molar-refractivity contribution in [1.29, 1.82) is 0 Å². The number of rotatable bonds is 3. The van der Waals surface area contributed by atoms with Gasteiger partial charge in [0.15, 0.2) is 0 Å². The molecule has 1 aliphatic rings. The summed E-state index contributed by atoms with van der Waals surface area (Å²) in [6, 6.07) is 11.2. The van der Waals surface area contributed by atoms with Gasteiger partial charge in [-0.15, -0.1) is 0 Å². The van der Waals surface area contributed by atoms with E-state index in [0.29, 0.717) is 22.8 Å². The number of halogens is 2. The lowest BCUT2D eigenvalue weighted by Gasteiger charge is -2.12. The molecule has 0 bridgehead atoms. The summed E-state index contributed by atoms with van der Waals surface area (Å²) < 4.78 is 12.9. The summed E-state index contributed by atoms with van der Waals surface area (Å²) in [6.45, 7) is 1.83. The van der Waals surface area contributed by atoms with Crippen LogP contribution in [0.3, 0.4) is 0 Å². The predicted molar refractivity (Wildman–Crippen MR) is 87.2 cm³/mol. The van der Waals surface area contributed by atoms with Crippen molar-refractivity contribution in [3.8, 4) is 0 Å². The number of amides is 1. The lowest BCUT2D eigenvalue weighted by molar-refractivity contribution is -0.125. The summed E-state index contributed by atoms with van der Waals surface area (Å²) in [5.41, 5.74) is 2.79. The Morgan fingerprint density at radius 2 is 2.04 bits per heavy atom. The summed E-state index contributed by atoms with van der Waals surface area (Å²) in [5, 5.41) is 7.30. The largest absolute Gasteiger partial charge is 0.382 e. The second kappa shape index (κ2) is 6.38. The summed E-state index contributed by atoms with van der Waals surface area (Å²) in [6.07, 6.45) is -0.384. The lowest BCUT2D eigenvalue weighted by atomic mass is 10.0. The zero-order valence-electron chi connectivity index (χ0n) is 12.3. The van der Waals surface area contributed by atoms with Crippen LogP contribution in [0.15, 0.2) is 47.6 Å². The third kappa shape index (κ3) is 3.35. The van der Waals surface area contributed by atoms with E-state index in [-0.39, 0.29) is 11.7 Å². The Morgan fingerprint density at radius 1 is 1.30 bits per heavy atom. The molecule has 1 unspecified atom stereocenters. The molecule has 1 aliphatic heterocycles. The van der Waals surface area contributed by atoms with Crippen LogP contribution in [-0.2, 0) is 9.63 Å². The Labute approximate surface area is 137 Å². The van der Waals surface area contributed by atoms with E-state index in [1.54, 1.807) is 30.3 Å². The highest BCUT2D eigenvalue weighted by Gasteiger charge is 2.29. The van der Waals surface area contributed by atoms with E-state index in [9.17, 15) is 9.18 Å². The number of oxime groups is 1. The SMILES string of the molecule is Cc1c(Cl)cccc1NC(=O)C1CC(c2ccc(F)cc2)=NO1. The van der Waals surface area contributed by atoms with Crippen LogP contribution in [0.5, 0.6) is 0 Å². The maximum Gasteiger partial charge on any atom is 0.268 e. The molecule has 2 aromatic carbocycles. The highest BCUT2D eigenvalue weighted by atomic mass is 35.5. The van der Waals surface area contributed by atoms with E-state index in [0.717, 1.165) is 11.1 Å². The summed E-state index contributed by atoms with van der Waals surface area (Å²) >= 11 is 6.04. The Bertz CT molecular complexity index is 775. The summed E-state index contributed by atoms with van der Waals surface area (Å²) in [7, 11) is 0. The molecule has 2 aromatic rings. The van der Waals surface area contributed by atoms with Crippen LogP contribution in [0.25, 0.3) is 0 Å². The van der Waals surface area contributed by atoms with Crippen molar-refractivity contribution in [2.24, 2.45) is 5.16 Å². The topological polar surface area (TPSA) is 50.7 Å². The number of carbonyl (C=O) groups excluding carboxylic acids is 1. The Morgan fingerprint density at radius 3 is 2.78 bits per heavy atom. The third-order valence-corrected chi connectivity index (χ3v) is 4.07. The molecule has 23 heavy (non-hydrogen) atoms. The molecule has 0 saturated carbocycles. The zero-order chi connectivity index (χ0) is 16.4. The first kappa shape index (κ1) is 15.5. The first-order valence-corrected chi connectivity index (χ1v) is 7.47. The molecule has 0 radical (unpaired) electrons. The molecule has 6 heteroatoms. The minimum atomic E-state index is -0.714. The lowest BCUT2D eigenvalue weighted by Crippen LogP contribution is -2.28. The smallest absolute Gasteiger partial charge is 0.268 e. The van der Waals surface area contributed by atoms with E-state index in [1.165, 1.54) is 12.1 Å². The van der Waals surface area contributed by atoms with Crippen molar-refractivity contribution in [1.82, 2.24) is 0 Å². The van der Waals surface area contributed by atoms with Gasteiger partial charge in [0.2, 0.25) is 6.10 Å². The molecular formula is C17H14ClFN2O2. The first-order valence-electron chi connectivity index (χ1n) is 7.09. The van der Waals surface area contributed by atoms with Crippen LogP contribution in [0.2, 0.25) is 5.02 Å². The third-order valence-electron chi connectivity index (χ3n) is 3.66. The van der Waals surface area contributed by atoms with Gasteiger partial charge in [-0.1, -0.05) is 35.0 Å². The Balaban J connectivity index is 1.67. The van der Waals surface area contributed by atoms with Crippen molar-refractivity contribution in [2.45, 2.75) is 19.4 Å². The van der Waals surface area contributed by atoms with Gasteiger partial charge in [0.05, 0.1) is 5.71 Å². The van der Waals surface area contributed by atoms with E-state index in [1.807, 2.05) is 6.92 Å². The van der Waals surface area contributed by atoms with E-state index >= 15 is 0 Å². The molecule has 1 amide bonds. The molecule has 0 aliphatic carbocycles. The molecule has 1 atom stereocenters. The molecule has 4 nitrogen and oxygen atoms in total. The molecular weight excluding hydrogens is 319 g/mol. The first-order chi connectivity index (χ1) is 11.0. The number of nitrogens with one attached hydrogen (secondary N) is 1. The molecule has 0 saturated heterocycles. The number of hydrogen-bond donors (Lipinski definition) is 1. The fraction of sp³-hybridized carbons (Fsp3) is 0.176. The highest BCUT2D eigenvalue weighted by molar-refractivity contribution is 6.31. The van der Waals surface area contributed by atoms with Crippen LogP contribution in [0.1, 0.15) is 17.5 Å². The summed E-state index contributed by atoms with van der Waals surface area (Å²) in [4.78, 5) is 17.5. The van der Waals surface area contributed by atoms with E-state index in [4.69, 9.17) is 16.4 Å². The number of nitrogens with zero attached hydrogens (tertiary/aromatic N) is 1. The molecule has 118 valence electrons. The number of anilines is 1. The monoisotopic (exact) mass is 332 g/mol. The predicted octanol–water partition coefficient (Wildman–Crippen LogP) is 3.92. The van der Waals surface area contributed by atoms with Gasteiger partial charge < -0.3 is 10.2 Å². The Hall–Kier alpha value is -2.40. The van der Waals surface area contributed by atoms with Crippen LogP contribution in [0, 0.1) is 12.7 Å². The Kier molecular flexibility index (Phi) is 4.30. The fourth-order valence-electron chi connectivity index (χ4n) is 2.29. The van der Waals surface area contributed by atoms with Gasteiger partial charge in [0, 0.05) is 17.1 Å². The van der Waals surface area contributed by atoms with Crippen molar-refractivity contribution >= 4 is 28.9 Å². The van der Waals surface area contributed by atoms with Crippen molar-refractivity contribution in [3.63, 3.8) is 0 Å². The molecule has 1 heterocycles. The minimum Gasteiger partial charge on any atom is -0.382 e. The standard InChI is InChI=1S/C17H14ClFN2O2/c1-10-13(18)3-2-4-14(10)20-17(22)16-9-15(21-23-16)11-5-7-12(19)8-6-11/h2-8,16H,9H2,1H3,(H,20,22). The van der Waals surface area contributed by atoms with Gasteiger partial charge in [-0.2, -0.15) is 0 Å². The van der Waals surface area contributed by atoms with Crippen LogP contribution in [-0.4, -0.2) is 17.7 Å². The second-order valence-corrected chi connectivity index (χ2v) is 5.65. The van der Waals surface area contributed by atoms with Crippen LogP contribution in [0.4, 0.5) is 10.1 Å². The highest BCUT2D eigenvalue weighted by Crippen LogP contribution is 2.24. The number of benzene rings is 2. The molecule has 0 fully saturated rings. The quantitative estimate of drug-likeness (QED) is 0.926. The van der Waals surface area contributed by atoms with Crippen LogP contribution >= 0.6 is 11.6 Å². The zero-order valence-corrected chi connectivity index (χ0v) is 13.1. The van der Waals surface area contributed by atoms with Gasteiger partial charge in [-0.05, 0) is 42.3 Å². The van der Waals surface area contributed by atoms with Crippen molar-refractivity contribution in [3.05, 3.63) is 64.4 Å². The maximum atomic E-state index is 12.9. The van der Waals surface area contributed by atoms with Gasteiger partial charge in [-0.3, -0.25) is 4.79 Å². The minimum absolute atomic E-state index is 0.295. The van der Waals surface area contributed by atoms with Gasteiger partial charge in [-0.25, -0.2) is 4.39 Å². The average Bonchev–Trinajstić information content (AvgIpc) is 3.02. The van der Waals surface area contributed by atoms with E-state index in [2.05, 4.69) is 10.5 Å². The van der Waals surface area contributed by atoms with Gasteiger partial charge in [0.25, 0.3) is 5.91 Å². The second-order valence-electron chi connectivity index (χ2n) is 5.24. The number of carbonyl (C=O) groups is 1. The maximum absolute atomic E-state index is 12.9. The number of hydrogen-bond acceptors (Lipinski definition) is 3. The van der Waals surface area contributed by atoms with Crippen molar-refractivity contribution in [2.75, 3.05) is 5.32 Å². The van der Waals surface area contributed by atoms with Gasteiger partial charge in [0.1, 0.15) is 5.82 Å². The molecule has 0 spiro atoms. The van der Waals surface area contributed by atoms with Gasteiger partial charge >= 0.3 is 0 Å². The van der Waals surface area contributed by atoms with Crippen molar-refractivity contribution < 1.29 is 14.0 Å². The molecule has 3 rings (SSSR count).